The lowest BCUT2D eigenvalue weighted by Crippen LogP contribution is -2.48. The van der Waals surface area contributed by atoms with Crippen LogP contribution in [0.25, 0.3) is 0 Å². The van der Waals surface area contributed by atoms with Crippen molar-refractivity contribution in [3.8, 4) is 11.5 Å². The average Bonchev–Trinajstić information content (AvgIpc) is 3.38. The van der Waals surface area contributed by atoms with Crippen LogP contribution in [0.3, 0.4) is 0 Å². The number of nitrogens with zero attached hydrogens (tertiary/aromatic N) is 1. The number of nitrogens with one attached hydrogen (secondary N) is 3. The van der Waals surface area contributed by atoms with E-state index in [2.05, 4.69) is 16.2 Å². The summed E-state index contributed by atoms with van der Waals surface area (Å²) in [5.74, 6) is 1.31. The zero-order chi connectivity index (χ0) is 18.4. The molecular formula is C19H24N4O4. The zero-order valence-electron chi connectivity index (χ0n) is 15.1. The number of hydrazine groups is 1. The van der Waals surface area contributed by atoms with Crippen LogP contribution in [0.15, 0.2) is 18.2 Å². The van der Waals surface area contributed by atoms with Crippen LogP contribution in [0, 0.1) is 11.8 Å². The molecule has 8 heteroatoms. The molecule has 4 unspecified atom stereocenters. The Kier molecular flexibility index (Phi) is 4.17. The van der Waals surface area contributed by atoms with Crippen molar-refractivity contribution in [1.82, 2.24) is 15.8 Å². The predicted octanol–water partition coefficient (Wildman–Crippen LogP) is 1.19. The van der Waals surface area contributed by atoms with Crippen molar-refractivity contribution in [2.75, 3.05) is 18.7 Å². The maximum Gasteiger partial charge on any atom is 0.231 e. The normalized spacial score (nSPS) is 31.9. The first-order valence-electron chi connectivity index (χ1n) is 9.70. The molecule has 2 amide bonds. The molecule has 0 aromatic heterocycles. The van der Waals surface area contributed by atoms with Crippen molar-refractivity contribution in [1.29, 1.82) is 0 Å². The van der Waals surface area contributed by atoms with Gasteiger partial charge in [-0.15, -0.1) is 0 Å². The van der Waals surface area contributed by atoms with Crippen molar-refractivity contribution in [2.24, 2.45) is 11.8 Å². The SMILES string of the molecule is O=C(Nc1ccc2c(c1)OCO2)C1CC(=O)N(C2NNC3CCCCC32)C1. The monoisotopic (exact) mass is 372 g/mol. The van der Waals surface area contributed by atoms with E-state index >= 15 is 0 Å². The lowest BCUT2D eigenvalue weighted by molar-refractivity contribution is -0.131. The Hall–Kier alpha value is -2.32. The van der Waals surface area contributed by atoms with E-state index in [0.717, 1.165) is 12.8 Å². The molecule has 5 rings (SSSR count). The minimum Gasteiger partial charge on any atom is -0.454 e. The molecule has 144 valence electrons. The smallest absolute Gasteiger partial charge is 0.231 e. The van der Waals surface area contributed by atoms with Gasteiger partial charge in [0.1, 0.15) is 0 Å². The van der Waals surface area contributed by atoms with E-state index in [9.17, 15) is 9.59 Å². The first-order chi connectivity index (χ1) is 13.2. The van der Waals surface area contributed by atoms with Gasteiger partial charge < -0.3 is 19.7 Å². The Morgan fingerprint density at radius 2 is 2.00 bits per heavy atom. The minimum absolute atomic E-state index is 0.00820. The van der Waals surface area contributed by atoms with Gasteiger partial charge in [0.25, 0.3) is 0 Å². The van der Waals surface area contributed by atoms with Gasteiger partial charge in [0.15, 0.2) is 11.5 Å². The topological polar surface area (TPSA) is 91.9 Å². The molecule has 3 N–H and O–H groups in total. The number of likely N-dealkylation sites (tertiary alicyclic amines) is 1. The van der Waals surface area contributed by atoms with Gasteiger partial charge in [0, 0.05) is 36.7 Å². The summed E-state index contributed by atoms with van der Waals surface area (Å²) < 4.78 is 10.6. The van der Waals surface area contributed by atoms with E-state index in [0.29, 0.717) is 35.7 Å². The average molecular weight is 372 g/mol. The minimum atomic E-state index is -0.340. The standard InChI is InChI=1S/C19H24N4O4/c24-17-7-11(9-23(17)18-13-3-1-2-4-14(13)21-22-18)19(25)20-12-5-6-15-16(8-12)27-10-26-15/h5-6,8,11,13-14,18,21-22H,1-4,7,9-10H2,(H,20,25). The van der Waals surface area contributed by atoms with Gasteiger partial charge in [-0.1, -0.05) is 12.8 Å². The largest absolute Gasteiger partial charge is 0.454 e. The van der Waals surface area contributed by atoms with Gasteiger partial charge in [0.2, 0.25) is 18.6 Å². The predicted molar refractivity (Wildman–Crippen MR) is 96.8 cm³/mol. The summed E-state index contributed by atoms with van der Waals surface area (Å²) in [6.45, 7) is 0.654. The molecule has 0 bridgehead atoms. The fourth-order valence-electron chi connectivity index (χ4n) is 4.72. The van der Waals surface area contributed by atoms with Crippen LogP contribution in [0.4, 0.5) is 5.69 Å². The van der Waals surface area contributed by atoms with Crippen molar-refractivity contribution in [3.63, 3.8) is 0 Å². The molecule has 3 fully saturated rings. The summed E-state index contributed by atoms with van der Waals surface area (Å²) in [6, 6.07) is 5.75. The molecule has 1 aromatic rings. The number of fused-ring (bicyclic) bond motifs is 2. The van der Waals surface area contributed by atoms with Crippen molar-refractivity contribution < 1.29 is 19.1 Å². The second-order valence-electron chi connectivity index (χ2n) is 7.79. The maximum atomic E-state index is 12.7. The molecule has 1 saturated carbocycles. The second kappa shape index (κ2) is 6.69. The highest BCUT2D eigenvalue weighted by molar-refractivity contribution is 5.97. The van der Waals surface area contributed by atoms with Crippen molar-refractivity contribution in [2.45, 2.75) is 44.3 Å². The van der Waals surface area contributed by atoms with Crippen molar-refractivity contribution >= 4 is 17.5 Å². The number of benzene rings is 1. The second-order valence-corrected chi connectivity index (χ2v) is 7.79. The number of ether oxygens (including phenoxy) is 2. The Morgan fingerprint density at radius 1 is 1.15 bits per heavy atom. The molecule has 2 saturated heterocycles. The molecule has 1 aromatic carbocycles. The van der Waals surface area contributed by atoms with Gasteiger partial charge >= 0.3 is 0 Å². The number of hydrogen-bond acceptors (Lipinski definition) is 6. The van der Waals surface area contributed by atoms with Crippen LogP contribution >= 0.6 is 0 Å². The van der Waals surface area contributed by atoms with Gasteiger partial charge in [-0.3, -0.25) is 15.0 Å². The molecule has 3 aliphatic heterocycles. The van der Waals surface area contributed by atoms with Gasteiger partial charge in [-0.25, -0.2) is 5.43 Å². The Labute approximate surface area is 157 Å². The quantitative estimate of drug-likeness (QED) is 0.738. The van der Waals surface area contributed by atoms with Gasteiger partial charge in [-0.05, 0) is 25.0 Å². The summed E-state index contributed by atoms with van der Waals surface area (Å²) in [7, 11) is 0. The van der Waals surface area contributed by atoms with E-state index in [-0.39, 0.29) is 37.1 Å². The summed E-state index contributed by atoms with van der Waals surface area (Å²) in [5, 5.41) is 2.91. The molecule has 4 atom stereocenters. The Balaban J connectivity index is 1.24. The molecule has 4 aliphatic rings. The molecule has 1 aliphatic carbocycles. The fraction of sp³-hybridized carbons (Fsp3) is 0.579. The molecule has 8 nitrogen and oxygen atoms in total. The van der Waals surface area contributed by atoms with E-state index in [4.69, 9.17) is 9.47 Å². The molecule has 3 heterocycles. The highest BCUT2D eigenvalue weighted by Crippen LogP contribution is 2.36. The van der Waals surface area contributed by atoms with E-state index in [1.54, 1.807) is 18.2 Å². The van der Waals surface area contributed by atoms with Crippen LogP contribution in [0.2, 0.25) is 0 Å². The van der Waals surface area contributed by atoms with E-state index in [1.165, 1.54) is 12.8 Å². The first kappa shape index (κ1) is 16.8. The summed E-state index contributed by atoms with van der Waals surface area (Å²) in [5.41, 5.74) is 7.30. The number of amides is 2. The van der Waals surface area contributed by atoms with Crippen molar-refractivity contribution in [3.05, 3.63) is 18.2 Å². The summed E-state index contributed by atoms with van der Waals surface area (Å²) >= 11 is 0. The highest BCUT2D eigenvalue weighted by atomic mass is 16.7. The zero-order valence-corrected chi connectivity index (χ0v) is 15.1. The van der Waals surface area contributed by atoms with Crippen LogP contribution < -0.4 is 25.6 Å². The van der Waals surface area contributed by atoms with Gasteiger partial charge in [-0.2, -0.15) is 0 Å². The summed E-state index contributed by atoms with van der Waals surface area (Å²) in [6.07, 6.45) is 4.95. The summed E-state index contributed by atoms with van der Waals surface area (Å²) in [4.78, 5) is 27.2. The van der Waals surface area contributed by atoms with Gasteiger partial charge in [0.05, 0.1) is 12.1 Å². The third-order valence-corrected chi connectivity index (χ3v) is 6.15. The molecular weight excluding hydrogens is 348 g/mol. The highest BCUT2D eigenvalue weighted by Gasteiger charge is 2.46. The Morgan fingerprint density at radius 3 is 2.93 bits per heavy atom. The first-order valence-corrected chi connectivity index (χ1v) is 9.70. The lowest BCUT2D eigenvalue weighted by Gasteiger charge is -2.32. The number of anilines is 1. The van der Waals surface area contributed by atoms with Crippen LogP contribution in [0.5, 0.6) is 11.5 Å². The Bertz CT molecular complexity index is 770. The number of hydrogen-bond donors (Lipinski definition) is 3. The van der Waals surface area contributed by atoms with Crippen LogP contribution in [-0.4, -0.2) is 42.3 Å². The number of carbonyl (C=O) groups is 2. The van der Waals surface area contributed by atoms with Crippen LogP contribution in [0.1, 0.15) is 32.1 Å². The maximum absolute atomic E-state index is 12.7. The number of carbonyl (C=O) groups excluding carboxylic acids is 2. The lowest BCUT2D eigenvalue weighted by atomic mass is 9.84. The van der Waals surface area contributed by atoms with Crippen LogP contribution in [-0.2, 0) is 9.59 Å². The fourth-order valence-corrected chi connectivity index (χ4v) is 4.72. The molecule has 0 spiro atoms. The third kappa shape index (κ3) is 3.02. The van der Waals surface area contributed by atoms with E-state index in [1.807, 2.05) is 4.90 Å². The molecule has 27 heavy (non-hydrogen) atoms. The third-order valence-electron chi connectivity index (χ3n) is 6.15. The number of rotatable bonds is 3. The van der Waals surface area contributed by atoms with E-state index < -0.39 is 0 Å². The molecule has 0 radical (unpaired) electrons.